The number of nitrogens with zero attached hydrogens (tertiary/aromatic N) is 4. The predicted octanol–water partition coefficient (Wildman–Crippen LogP) is -0.482. The average Bonchev–Trinajstić information content (AvgIpc) is 2.83. The maximum atomic E-state index is 10.1. The Balaban J connectivity index is 2.06. The second kappa shape index (κ2) is 4.97. The van der Waals surface area contributed by atoms with Gasteiger partial charge in [-0.05, 0) is 30.3 Å². The number of tetrazole rings is 1. The van der Waals surface area contributed by atoms with Gasteiger partial charge in [-0.2, -0.15) is 0 Å². The Morgan fingerprint density at radius 3 is 2.94 bits per heavy atom. The summed E-state index contributed by atoms with van der Waals surface area (Å²) in [6.45, 7) is 4.08. The first-order valence-corrected chi connectivity index (χ1v) is 5.73. The van der Waals surface area contributed by atoms with Gasteiger partial charge in [0.2, 0.25) is 0 Å². The Morgan fingerprint density at radius 2 is 2.22 bits per heavy atom. The highest BCUT2D eigenvalue weighted by molar-refractivity contribution is 5.36. The minimum atomic E-state index is -0.676. The van der Waals surface area contributed by atoms with Crippen LogP contribution < -0.4 is 5.32 Å². The predicted molar refractivity (Wildman–Crippen MR) is 64.9 cm³/mol. The summed E-state index contributed by atoms with van der Waals surface area (Å²) in [5, 5.41) is 33.3. The molecule has 7 heteroatoms. The van der Waals surface area contributed by atoms with Gasteiger partial charge in [-0.25, -0.2) is 4.52 Å². The summed E-state index contributed by atoms with van der Waals surface area (Å²) in [7, 11) is 0. The van der Waals surface area contributed by atoms with E-state index in [1.54, 1.807) is 18.3 Å². The summed E-state index contributed by atoms with van der Waals surface area (Å²) in [6.07, 6.45) is 1.01. The lowest BCUT2D eigenvalue weighted by Crippen LogP contribution is -2.44. The number of β-amino-alcohol motifs (C(OH)–C–C–N with tert-alkyl or cyclic N) is 1. The van der Waals surface area contributed by atoms with Gasteiger partial charge in [0.25, 0.3) is 0 Å². The van der Waals surface area contributed by atoms with Crippen molar-refractivity contribution in [2.45, 2.75) is 25.5 Å². The molecule has 0 amide bonds. The lowest BCUT2D eigenvalue weighted by molar-refractivity contribution is 0.135. The Morgan fingerprint density at radius 1 is 1.44 bits per heavy atom. The van der Waals surface area contributed by atoms with E-state index >= 15 is 0 Å². The lowest BCUT2D eigenvalue weighted by Gasteiger charge is -2.25. The van der Waals surface area contributed by atoms with Crippen LogP contribution >= 0.6 is 0 Å². The molecule has 2 heterocycles. The lowest BCUT2D eigenvalue weighted by atomic mass is 10.1. The number of aliphatic hydroxyl groups excluding tert-OH is 2. The van der Waals surface area contributed by atoms with E-state index in [2.05, 4.69) is 20.8 Å². The zero-order valence-electron chi connectivity index (χ0n) is 10.4. The summed E-state index contributed by atoms with van der Waals surface area (Å²) < 4.78 is 1.51. The van der Waals surface area contributed by atoms with Crippen LogP contribution in [0.25, 0.3) is 5.65 Å². The maximum Gasteiger partial charge on any atom is 0.179 e. The number of pyridine rings is 1. The third-order valence-corrected chi connectivity index (χ3v) is 2.77. The van der Waals surface area contributed by atoms with Crippen molar-refractivity contribution in [3.63, 3.8) is 0 Å². The number of aromatic nitrogens is 4. The van der Waals surface area contributed by atoms with E-state index in [0.29, 0.717) is 12.2 Å². The van der Waals surface area contributed by atoms with Crippen molar-refractivity contribution in [3.05, 3.63) is 23.9 Å². The van der Waals surface area contributed by atoms with Crippen molar-refractivity contribution in [1.82, 2.24) is 25.4 Å². The summed E-state index contributed by atoms with van der Waals surface area (Å²) >= 11 is 0. The van der Waals surface area contributed by atoms with Gasteiger partial charge in [0.05, 0.1) is 12.7 Å². The molecule has 0 radical (unpaired) electrons. The number of rotatable bonds is 5. The van der Waals surface area contributed by atoms with Gasteiger partial charge < -0.3 is 15.5 Å². The van der Waals surface area contributed by atoms with Gasteiger partial charge in [0.1, 0.15) is 0 Å². The van der Waals surface area contributed by atoms with Crippen molar-refractivity contribution in [2.75, 3.05) is 13.2 Å². The Kier molecular flexibility index (Phi) is 3.55. The molecule has 2 rings (SSSR count). The molecule has 98 valence electrons. The molecule has 0 bridgehead atoms. The first-order chi connectivity index (χ1) is 8.52. The van der Waals surface area contributed by atoms with Crippen molar-refractivity contribution in [3.8, 4) is 0 Å². The molecule has 0 fully saturated rings. The summed E-state index contributed by atoms with van der Waals surface area (Å²) in [5.74, 6) is 0. The fraction of sp³-hybridized carbons (Fsp3) is 0.545. The first kappa shape index (κ1) is 12.9. The van der Waals surface area contributed by atoms with Gasteiger partial charge in [0, 0.05) is 23.8 Å². The molecule has 0 saturated heterocycles. The normalized spacial score (nSPS) is 14.0. The quantitative estimate of drug-likeness (QED) is 0.664. The van der Waals surface area contributed by atoms with Crippen LogP contribution in [0.1, 0.15) is 25.5 Å². The number of aliphatic hydroxyl groups is 2. The van der Waals surface area contributed by atoms with Crippen molar-refractivity contribution >= 4 is 5.65 Å². The number of hydrogen-bond donors (Lipinski definition) is 3. The smallest absolute Gasteiger partial charge is 0.179 e. The third kappa shape index (κ3) is 2.81. The molecule has 3 N–H and O–H groups in total. The second-order valence-electron chi connectivity index (χ2n) is 4.88. The van der Waals surface area contributed by atoms with Crippen LogP contribution in [0.15, 0.2) is 18.3 Å². The largest absolute Gasteiger partial charge is 0.394 e. The second-order valence-corrected chi connectivity index (χ2v) is 4.88. The topological polar surface area (TPSA) is 95.6 Å². The Hall–Kier alpha value is -1.57. The molecule has 0 spiro atoms. The van der Waals surface area contributed by atoms with Crippen molar-refractivity contribution in [2.24, 2.45) is 0 Å². The van der Waals surface area contributed by atoms with E-state index in [1.807, 2.05) is 13.8 Å². The maximum absolute atomic E-state index is 10.1. The third-order valence-electron chi connectivity index (χ3n) is 2.77. The minimum absolute atomic E-state index is 0.00571. The summed E-state index contributed by atoms with van der Waals surface area (Å²) in [4.78, 5) is 0. The highest BCUT2D eigenvalue weighted by Gasteiger charge is 2.18. The standard InChI is InChI=1S/C11H17N5O2/c1-11(2,7-17)12-5-9(18)8-3-4-10-13-14-15-16(10)6-8/h3-4,6,9,12,17-18H,5,7H2,1-2H3. The molecule has 1 atom stereocenters. The van der Waals surface area contributed by atoms with Gasteiger partial charge in [0.15, 0.2) is 5.65 Å². The molecule has 18 heavy (non-hydrogen) atoms. The molecule has 2 aromatic rings. The van der Waals surface area contributed by atoms with Gasteiger partial charge in [-0.1, -0.05) is 6.07 Å². The fourth-order valence-corrected chi connectivity index (χ4v) is 1.50. The van der Waals surface area contributed by atoms with Gasteiger partial charge >= 0.3 is 0 Å². The molecule has 1 unspecified atom stereocenters. The fourth-order valence-electron chi connectivity index (χ4n) is 1.50. The van der Waals surface area contributed by atoms with E-state index in [9.17, 15) is 5.11 Å². The highest BCUT2D eigenvalue weighted by Crippen LogP contribution is 2.13. The van der Waals surface area contributed by atoms with Crippen LogP contribution in [-0.2, 0) is 0 Å². The van der Waals surface area contributed by atoms with E-state index < -0.39 is 11.6 Å². The van der Waals surface area contributed by atoms with Crippen LogP contribution in [0.2, 0.25) is 0 Å². The van der Waals surface area contributed by atoms with E-state index in [1.165, 1.54) is 4.52 Å². The molecule has 2 aromatic heterocycles. The zero-order valence-corrected chi connectivity index (χ0v) is 10.4. The van der Waals surface area contributed by atoms with Crippen LogP contribution in [0.4, 0.5) is 0 Å². The van der Waals surface area contributed by atoms with Crippen molar-refractivity contribution < 1.29 is 10.2 Å². The Labute approximate surface area is 104 Å². The monoisotopic (exact) mass is 251 g/mol. The van der Waals surface area contributed by atoms with E-state index in [4.69, 9.17) is 5.11 Å². The molecular weight excluding hydrogens is 234 g/mol. The minimum Gasteiger partial charge on any atom is -0.394 e. The zero-order chi connectivity index (χ0) is 13.2. The van der Waals surface area contributed by atoms with Gasteiger partial charge in [-0.15, -0.1) is 5.10 Å². The van der Waals surface area contributed by atoms with E-state index in [0.717, 1.165) is 5.56 Å². The first-order valence-electron chi connectivity index (χ1n) is 5.73. The molecule has 0 aliphatic rings. The van der Waals surface area contributed by atoms with Crippen LogP contribution in [0.5, 0.6) is 0 Å². The van der Waals surface area contributed by atoms with Crippen molar-refractivity contribution in [1.29, 1.82) is 0 Å². The van der Waals surface area contributed by atoms with Crippen LogP contribution in [0.3, 0.4) is 0 Å². The molecule has 7 nitrogen and oxygen atoms in total. The van der Waals surface area contributed by atoms with Crippen LogP contribution in [0, 0.1) is 0 Å². The highest BCUT2D eigenvalue weighted by atomic mass is 16.3. The number of fused-ring (bicyclic) bond motifs is 1. The SMILES string of the molecule is CC(C)(CO)NCC(O)c1ccc2nnnn2c1. The molecule has 0 aromatic carbocycles. The summed E-state index contributed by atoms with van der Waals surface area (Å²) in [5.41, 5.74) is 0.936. The molecule has 0 aliphatic carbocycles. The van der Waals surface area contributed by atoms with Gasteiger partial charge in [-0.3, -0.25) is 0 Å². The molecule has 0 aliphatic heterocycles. The van der Waals surface area contributed by atoms with Crippen LogP contribution in [-0.4, -0.2) is 48.9 Å². The Bertz CT molecular complexity index is 525. The number of nitrogens with one attached hydrogen (secondary N) is 1. The molecule has 0 saturated carbocycles. The van der Waals surface area contributed by atoms with E-state index in [-0.39, 0.29) is 6.61 Å². The summed E-state index contributed by atoms with van der Waals surface area (Å²) in [6, 6.07) is 3.53. The number of hydrogen-bond acceptors (Lipinski definition) is 6. The molecular formula is C11H17N5O2. The average molecular weight is 251 g/mol.